The molecule has 0 aliphatic carbocycles. The Morgan fingerprint density at radius 2 is 2.10 bits per heavy atom. The summed E-state index contributed by atoms with van der Waals surface area (Å²) >= 11 is 0. The highest BCUT2D eigenvalue weighted by Crippen LogP contribution is 2.23. The zero-order chi connectivity index (χ0) is 15.5. The summed E-state index contributed by atoms with van der Waals surface area (Å²) in [5, 5.41) is 13.8. The Hall–Kier alpha value is -1.81. The Bertz CT molecular complexity index is 633. The average Bonchev–Trinajstić information content (AvgIpc) is 2.88. The standard InChI is InChI=1S/C17H24N2O2/c1-4-9-17(3,16(20)21)19-11-13-10-18-15-12(5-2)7-6-8-14(13)15/h6-8,10,18-19H,4-5,9,11H2,1-3H3,(H,20,21). The number of hydrogen-bond acceptors (Lipinski definition) is 2. The number of aliphatic carboxylic acids is 1. The van der Waals surface area contributed by atoms with Crippen molar-refractivity contribution in [2.24, 2.45) is 0 Å². The molecule has 0 fully saturated rings. The van der Waals surface area contributed by atoms with Gasteiger partial charge in [0.15, 0.2) is 0 Å². The number of hydrogen-bond donors (Lipinski definition) is 3. The number of fused-ring (bicyclic) bond motifs is 1. The van der Waals surface area contributed by atoms with E-state index in [4.69, 9.17) is 0 Å². The Kier molecular flexibility index (Phi) is 4.68. The molecule has 0 radical (unpaired) electrons. The smallest absolute Gasteiger partial charge is 0.323 e. The van der Waals surface area contributed by atoms with Gasteiger partial charge in [0.05, 0.1) is 0 Å². The highest BCUT2D eigenvalue weighted by molar-refractivity contribution is 5.86. The molecule has 1 unspecified atom stereocenters. The summed E-state index contributed by atoms with van der Waals surface area (Å²) in [4.78, 5) is 14.8. The number of aryl methyl sites for hydroxylation is 1. The van der Waals surface area contributed by atoms with E-state index in [-0.39, 0.29) is 0 Å². The summed E-state index contributed by atoms with van der Waals surface area (Å²) in [6.45, 7) is 6.44. The number of nitrogens with one attached hydrogen (secondary N) is 2. The molecular weight excluding hydrogens is 264 g/mol. The molecule has 21 heavy (non-hydrogen) atoms. The molecule has 0 aliphatic heterocycles. The van der Waals surface area contributed by atoms with Crippen LogP contribution in [0.4, 0.5) is 0 Å². The van der Waals surface area contributed by atoms with Crippen LogP contribution in [-0.4, -0.2) is 21.6 Å². The number of para-hydroxylation sites is 1. The lowest BCUT2D eigenvalue weighted by Gasteiger charge is -2.25. The molecule has 2 rings (SSSR count). The van der Waals surface area contributed by atoms with Crippen molar-refractivity contribution in [2.45, 2.75) is 52.1 Å². The molecule has 0 bridgehead atoms. The quantitative estimate of drug-likeness (QED) is 0.731. The zero-order valence-electron chi connectivity index (χ0n) is 13.0. The monoisotopic (exact) mass is 288 g/mol. The van der Waals surface area contributed by atoms with E-state index in [1.807, 2.05) is 13.1 Å². The van der Waals surface area contributed by atoms with Gasteiger partial charge in [0.1, 0.15) is 5.54 Å². The number of aromatic nitrogens is 1. The van der Waals surface area contributed by atoms with Crippen LogP contribution in [0.1, 0.15) is 44.7 Å². The number of H-pyrrole nitrogens is 1. The van der Waals surface area contributed by atoms with Crippen molar-refractivity contribution >= 4 is 16.9 Å². The molecule has 2 aromatic rings. The highest BCUT2D eigenvalue weighted by atomic mass is 16.4. The van der Waals surface area contributed by atoms with Gasteiger partial charge in [-0.1, -0.05) is 38.5 Å². The molecule has 0 saturated carbocycles. The Morgan fingerprint density at radius 3 is 2.71 bits per heavy atom. The first kappa shape index (κ1) is 15.6. The minimum Gasteiger partial charge on any atom is -0.480 e. The van der Waals surface area contributed by atoms with Crippen LogP contribution in [0, 0.1) is 0 Å². The fourth-order valence-electron chi connectivity index (χ4n) is 2.78. The van der Waals surface area contributed by atoms with Crippen molar-refractivity contribution < 1.29 is 9.90 Å². The molecule has 1 heterocycles. The Balaban J connectivity index is 2.22. The van der Waals surface area contributed by atoms with Crippen LogP contribution < -0.4 is 5.32 Å². The minimum atomic E-state index is -0.874. The Morgan fingerprint density at radius 1 is 1.33 bits per heavy atom. The zero-order valence-corrected chi connectivity index (χ0v) is 13.0. The van der Waals surface area contributed by atoms with Crippen LogP contribution in [-0.2, 0) is 17.8 Å². The molecule has 1 aromatic carbocycles. The number of aromatic amines is 1. The lowest BCUT2D eigenvalue weighted by Crippen LogP contribution is -2.48. The molecule has 1 atom stereocenters. The van der Waals surface area contributed by atoms with Gasteiger partial charge < -0.3 is 10.1 Å². The van der Waals surface area contributed by atoms with E-state index in [9.17, 15) is 9.90 Å². The third-order valence-electron chi connectivity index (χ3n) is 4.16. The molecule has 0 saturated heterocycles. The molecule has 114 valence electrons. The number of carbonyl (C=O) groups is 1. The van der Waals surface area contributed by atoms with Crippen LogP contribution in [0.5, 0.6) is 0 Å². The summed E-state index contributed by atoms with van der Waals surface area (Å²) < 4.78 is 0. The first-order valence-electron chi connectivity index (χ1n) is 7.58. The number of rotatable bonds is 7. The van der Waals surface area contributed by atoms with Gasteiger partial charge in [-0.05, 0) is 30.9 Å². The van der Waals surface area contributed by atoms with E-state index in [1.54, 1.807) is 6.92 Å². The van der Waals surface area contributed by atoms with Gasteiger partial charge in [-0.2, -0.15) is 0 Å². The number of benzene rings is 1. The van der Waals surface area contributed by atoms with Crippen molar-refractivity contribution in [1.29, 1.82) is 0 Å². The second kappa shape index (κ2) is 6.31. The first-order valence-corrected chi connectivity index (χ1v) is 7.58. The van der Waals surface area contributed by atoms with Crippen LogP contribution in [0.3, 0.4) is 0 Å². The van der Waals surface area contributed by atoms with Crippen LogP contribution in [0.15, 0.2) is 24.4 Å². The summed E-state index contributed by atoms with van der Waals surface area (Å²) in [5.41, 5.74) is 2.68. The largest absolute Gasteiger partial charge is 0.480 e. The molecule has 0 spiro atoms. The van der Waals surface area contributed by atoms with E-state index >= 15 is 0 Å². The maximum atomic E-state index is 11.5. The predicted octanol–water partition coefficient (Wildman–Crippen LogP) is 3.46. The summed E-state index contributed by atoms with van der Waals surface area (Å²) in [7, 11) is 0. The van der Waals surface area contributed by atoms with Gasteiger partial charge in [-0.3, -0.25) is 10.1 Å². The summed E-state index contributed by atoms with van der Waals surface area (Å²) in [6, 6.07) is 6.26. The topological polar surface area (TPSA) is 65.1 Å². The average molecular weight is 288 g/mol. The van der Waals surface area contributed by atoms with E-state index in [0.29, 0.717) is 13.0 Å². The number of carboxylic acid groups (broad SMARTS) is 1. The first-order chi connectivity index (χ1) is 10.0. The molecule has 0 amide bonds. The van der Waals surface area contributed by atoms with E-state index in [1.165, 1.54) is 10.9 Å². The second-order valence-electron chi connectivity index (χ2n) is 5.75. The molecule has 4 heteroatoms. The van der Waals surface area contributed by atoms with Crippen LogP contribution >= 0.6 is 0 Å². The van der Waals surface area contributed by atoms with Gasteiger partial charge in [0.25, 0.3) is 0 Å². The van der Waals surface area contributed by atoms with Crippen molar-refractivity contribution in [3.05, 3.63) is 35.5 Å². The summed E-state index contributed by atoms with van der Waals surface area (Å²) in [6.07, 6.45) is 4.41. The van der Waals surface area contributed by atoms with Crippen molar-refractivity contribution in [3.63, 3.8) is 0 Å². The van der Waals surface area contributed by atoms with Crippen LogP contribution in [0.25, 0.3) is 10.9 Å². The van der Waals surface area contributed by atoms with Gasteiger partial charge in [-0.25, -0.2) is 0 Å². The highest BCUT2D eigenvalue weighted by Gasteiger charge is 2.31. The minimum absolute atomic E-state index is 0.552. The Labute approximate surface area is 125 Å². The molecule has 1 aromatic heterocycles. The lowest BCUT2D eigenvalue weighted by atomic mass is 9.96. The molecule has 3 N–H and O–H groups in total. The van der Waals surface area contributed by atoms with E-state index in [0.717, 1.165) is 23.9 Å². The third-order valence-corrected chi connectivity index (χ3v) is 4.16. The maximum absolute atomic E-state index is 11.5. The summed E-state index contributed by atoms with van der Waals surface area (Å²) in [5.74, 6) is -0.793. The van der Waals surface area contributed by atoms with Crippen molar-refractivity contribution in [1.82, 2.24) is 10.3 Å². The lowest BCUT2D eigenvalue weighted by molar-refractivity contribution is -0.144. The normalized spacial score (nSPS) is 14.2. The van der Waals surface area contributed by atoms with E-state index in [2.05, 4.69) is 35.4 Å². The second-order valence-corrected chi connectivity index (χ2v) is 5.75. The fraction of sp³-hybridized carbons (Fsp3) is 0.471. The van der Waals surface area contributed by atoms with Gasteiger partial charge >= 0.3 is 5.97 Å². The number of carboxylic acids is 1. The van der Waals surface area contributed by atoms with Gasteiger partial charge in [-0.15, -0.1) is 0 Å². The van der Waals surface area contributed by atoms with E-state index < -0.39 is 11.5 Å². The van der Waals surface area contributed by atoms with Gasteiger partial charge in [0, 0.05) is 23.6 Å². The van der Waals surface area contributed by atoms with Gasteiger partial charge in [0.2, 0.25) is 0 Å². The van der Waals surface area contributed by atoms with Crippen molar-refractivity contribution in [2.75, 3.05) is 0 Å². The molecular formula is C17H24N2O2. The third kappa shape index (κ3) is 3.10. The predicted molar refractivity (Wildman–Crippen MR) is 85.5 cm³/mol. The molecule has 0 aliphatic rings. The molecule has 4 nitrogen and oxygen atoms in total. The van der Waals surface area contributed by atoms with Crippen LogP contribution in [0.2, 0.25) is 0 Å². The van der Waals surface area contributed by atoms with Crippen molar-refractivity contribution in [3.8, 4) is 0 Å². The maximum Gasteiger partial charge on any atom is 0.323 e. The SMILES string of the molecule is CCCC(C)(NCc1c[nH]c2c(CC)cccc12)C(=O)O. The fourth-order valence-corrected chi connectivity index (χ4v) is 2.78.